The van der Waals surface area contributed by atoms with Crippen molar-refractivity contribution in [2.75, 3.05) is 19.6 Å². The quantitative estimate of drug-likeness (QED) is 0.625. The summed E-state index contributed by atoms with van der Waals surface area (Å²) in [6, 6.07) is 0. The van der Waals surface area contributed by atoms with E-state index in [0.717, 1.165) is 58.2 Å². The molecule has 2 bridgehead atoms. The van der Waals surface area contributed by atoms with E-state index in [9.17, 15) is 9.90 Å². The topological polar surface area (TPSA) is 49.8 Å². The van der Waals surface area contributed by atoms with Crippen molar-refractivity contribution in [3.8, 4) is 0 Å². The van der Waals surface area contributed by atoms with Gasteiger partial charge in [-0.3, -0.25) is 4.90 Å². The van der Waals surface area contributed by atoms with Crippen LogP contribution >= 0.6 is 0 Å². The third kappa shape index (κ3) is 3.63. The third-order valence-electron chi connectivity index (χ3n) is 5.89. The van der Waals surface area contributed by atoms with E-state index in [-0.39, 0.29) is 12.0 Å². The highest BCUT2D eigenvalue weighted by Gasteiger charge is 2.46. The molecule has 1 saturated carbocycles. The number of esters is 1. The van der Waals surface area contributed by atoms with Crippen LogP contribution in [0.1, 0.15) is 52.4 Å². The molecule has 3 aliphatic heterocycles. The number of ether oxygens (including phenoxy) is 1. The van der Waals surface area contributed by atoms with Gasteiger partial charge in [0.25, 0.3) is 0 Å². The minimum atomic E-state index is -1.44. The predicted molar refractivity (Wildman–Crippen MR) is 89.9 cm³/mol. The summed E-state index contributed by atoms with van der Waals surface area (Å²) in [4.78, 5) is 15.2. The number of carbonyl (C=O) groups excluding carboxylic acids is 1. The smallest absolute Gasteiger partial charge is 0.342 e. The van der Waals surface area contributed by atoms with Gasteiger partial charge in [-0.05, 0) is 56.7 Å². The first-order chi connectivity index (χ1) is 11.0. The Balaban J connectivity index is 1.72. The molecule has 0 aromatic carbocycles. The Labute approximate surface area is 139 Å². The number of carbonyl (C=O) groups is 1. The van der Waals surface area contributed by atoms with E-state index in [4.69, 9.17) is 4.74 Å². The largest absolute Gasteiger partial charge is 0.458 e. The number of hydrogen-bond acceptors (Lipinski definition) is 4. The second kappa shape index (κ2) is 6.94. The summed E-state index contributed by atoms with van der Waals surface area (Å²) >= 11 is 0. The van der Waals surface area contributed by atoms with Gasteiger partial charge in [-0.2, -0.15) is 0 Å². The molecule has 0 amide bonds. The average Bonchev–Trinajstić information content (AvgIpc) is 3.08. The number of hydrogen-bond donors (Lipinski definition) is 1. The van der Waals surface area contributed by atoms with Crippen LogP contribution in [0, 0.1) is 17.8 Å². The van der Waals surface area contributed by atoms with E-state index in [1.165, 1.54) is 0 Å². The summed E-state index contributed by atoms with van der Waals surface area (Å²) in [7, 11) is 0. The molecule has 0 aromatic rings. The fraction of sp³-hybridized carbons (Fsp3) is 0.842. The lowest BCUT2D eigenvalue weighted by Gasteiger charge is -2.44. The highest BCUT2D eigenvalue weighted by Crippen LogP contribution is 2.38. The van der Waals surface area contributed by atoms with Gasteiger partial charge in [0.15, 0.2) is 5.60 Å². The zero-order valence-corrected chi connectivity index (χ0v) is 14.5. The van der Waals surface area contributed by atoms with Crippen LogP contribution in [0.2, 0.25) is 0 Å². The molecule has 0 aromatic heterocycles. The van der Waals surface area contributed by atoms with Crippen LogP contribution in [0.15, 0.2) is 12.2 Å². The predicted octanol–water partition coefficient (Wildman–Crippen LogP) is 2.76. The minimum Gasteiger partial charge on any atom is -0.458 e. The van der Waals surface area contributed by atoms with E-state index in [1.807, 2.05) is 6.08 Å². The SMILES string of the molecule is CC(C)/C=C\[C@](O)(C(=O)O[C@@H]1CN2CCC1CC2)C1CCCC1. The molecule has 3 heterocycles. The van der Waals surface area contributed by atoms with Crippen LogP contribution in [0.3, 0.4) is 0 Å². The molecule has 4 rings (SSSR count). The zero-order valence-electron chi connectivity index (χ0n) is 14.5. The third-order valence-corrected chi connectivity index (χ3v) is 5.89. The zero-order chi connectivity index (χ0) is 16.4. The number of rotatable bonds is 5. The molecular formula is C19H31NO3. The number of fused-ring (bicyclic) bond motifs is 3. The van der Waals surface area contributed by atoms with Crippen molar-refractivity contribution < 1.29 is 14.6 Å². The number of aliphatic hydroxyl groups is 1. The lowest BCUT2D eigenvalue weighted by Crippen LogP contribution is -2.54. The molecule has 0 spiro atoms. The van der Waals surface area contributed by atoms with Crippen LogP contribution in [-0.2, 0) is 9.53 Å². The van der Waals surface area contributed by atoms with Gasteiger partial charge in [0.2, 0.25) is 0 Å². The normalized spacial score (nSPS) is 34.2. The summed E-state index contributed by atoms with van der Waals surface area (Å²) in [6.45, 7) is 7.21. The molecule has 130 valence electrons. The first-order valence-electron chi connectivity index (χ1n) is 9.34. The lowest BCUT2D eigenvalue weighted by atomic mass is 9.83. The van der Waals surface area contributed by atoms with Crippen LogP contribution in [0.5, 0.6) is 0 Å². The van der Waals surface area contributed by atoms with Crippen LogP contribution in [0.4, 0.5) is 0 Å². The van der Waals surface area contributed by atoms with Gasteiger partial charge in [-0.15, -0.1) is 0 Å². The molecule has 4 aliphatic rings. The van der Waals surface area contributed by atoms with E-state index in [1.54, 1.807) is 6.08 Å². The maximum Gasteiger partial charge on any atom is 0.342 e. The van der Waals surface area contributed by atoms with Gasteiger partial charge in [-0.25, -0.2) is 4.79 Å². The summed E-state index contributed by atoms with van der Waals surface area (Å²) in [5.74, 6) is 0.379. The van der Waals surface area contributed by atoms with Gasteiger partial charge in [0, 0.05) is 12.5 Å². The van der Waals surface area contributed by atoms with Crippen LogP contribution in [0.25, 0.3) is 0 Å². The monoisotopic (exact) mass is 321 g/mol. The maximum absolute atomic E-state index is 12.9. The molecular weight excluding hydrogens is 290 g/mol. The molecule has 1 aliphatic carbocycles. The van der Waals surface area contributed by atoms with E-state index in [2.05, 4.69) is 18.7 Å². The van der Waals surface area contributed by atoms with Gasteiger partial charge < -0.3 is 9.84 Å². The van der Waals surface area contributed by atoms with Crippen molar-refractivity contribution in [3.05, 3.63) is 12.2 Å². The first-order valence-corrected chi connectivity index (χ1v) is 9.34. The Bertz CT molecular complexity index is 448. The highest BCUT2D eigenvalue weighted by atomic mass is 16.6. The molecule has 0 unspecified atom stereocenters. The van der Waals surface area contributed by atoms with Gasteiger partial charge in [0.1, 0.15) is 6.10 Å². The first kappa shape index (κ1) is 17.0. The van der Waals surface area contributed by atoms with Gasteiger partial charge in [0.05, 0.1) is 0 Å². The fourth-order valence-electron chi connectivity index (χ4n) is 4.35. The highest BCUT2D eigenvalue weighted by molar-refractivity contribution is 5.82. The molecule has 4 heteroatoms. The second-order valence-electron chi connectivity index (χ2n) is 7.99. The Hall–Kier alpha value is -0.870. The number of allylic oxidation sites excluding steroid dienone is 1. The van der Waals surface area contributed by atoms with Crippen LogP contribution in [-0.4, -0.2) is 47.3 Å². The molecule has 2 atom stereocenters. The number of nitrogens with zero attached hydrogens (tertiary/aromatic N) is 1. The van der Waals surface area contributed by atoms with Crippen molar-refractivity contribution in [2.45, 2.75) is 64.1 Å². The molecule has 4 nitrogen and oxygen atoms in total. The second-order valence-corrected chi connectivity index (χ2v) is 7.99. The molecule has 0 radical (unpaired) electrons. The minimum absolute atomic E-state index is 0.00563. The standard InChI is InChI=1S/C19H31NO3/c1-14(2)7-10-19(22,16-5-3-4-6-16)18(21)23-17-13-20-11-8-15(17)9-12-20/h7,10,14-17,22H,3-6,8-9,11-13H2,1-2H3/b10-7-/t17-,19-/m1/s1. The average molecular weight is 321 g/mol. The van der Waals surface area contributed by atoms with Crippen molar-refractivity contribution in [3.63, 3.8) is 0 Å². The molecule has 3 saturated heterocycles. The maximum atomic E-state index is 12.9. The fourth-order valence-corrected chi connectivity index (χ4v) is 4.35. The number of piperidine rings is 3. The Morgan fingerprint density at radius 1 is 1.22 bits per heavy atom. The van der Waals surface area contributed by atoms with Gasteiger partial charge >= 0.3 is 5.97 Å². The van der Waals surface area contributed by atoms with Crippen molar-refractivity contribution in [1.82, 2.24) is 4.90 Å². The van der Waals surface area contributed by atoms with E-state index >= 15 is 0 Å². The van der Waals surface area contributed by atoms with E-state index < -0.39 is 11.6 Å². The molecule has 23 heavy (non-hydrogen) atoms. The van der Waals surface area contributed by atoms with E-state index in [0.29, 0.717) is 11.8 Å². The Kier molecular flexibility index (Phi) is 5.12. The Morgan fingerprint density at radius 3 is 2.39 bits per heavy atom. The summed E-state index contributed by atoms with van der Waals surface area (Å²) in [6.07, 6.45) is 9.86. The Morgan fingerprint density at radius 2 is 1.87 bits per heavy atom. The van der Waals surface area contributed by atoms with Crippen molar-refractivity contribution >= 4 is 5.97 Å². The molecule has 1 N–H and O–H groups in total. The van der Waals surface area contributed by atoms with Gasteiger partial charge in [-0.1, -0.05) is 32.8 Å². The van der Waals surface area contributed by atoms with Crippen LogP contribution < -0.4 is 0 Å². The summed E-state index contributed by atoms with van der Waals surface area (Å²) < 4.78 is 5.85. The van der Waals surface area contributed by atoms with Crippen molar-refractivity contribution in [1.29, 1.82) is 0 Å². The van der Waals surface area contributed by atoms with Crippen molar-refractivity contribution in [2.24, 2.45) is 17.8 Å². The molecule has 4 fully saturated rings. The lowest BCUT2D eigenvalue weighted by molar-refractivity contribution is -0.180. The summed E-state index contributed by atoms with van der Waals surface area (Å²) in [5.41, 5.74) is -1.44. The summed E-state index contributed by atoms with van der Waals surface area (Å²) in [5, 5.41) is 11.2.